The van der Waals surface area contributed by atoms with E-state index in [2.05, 4.69) is 16.0 Å². The molecule has 0 aliphatic rings. The van der Waals surface area contributed by atoms with Crippen molar-refractivity contribution in [2.75, 3.05) is 16.4 Å². The molecule has 0 saturated heterocycles. The first-order chi connectivity index (χ1) is 19.2. The van der Waals surface area contributed by atoms with Crippen LogP contribution in [0.2, 0.25) is 10.0 Å². The van der Waals surface area contributed by atoms with Crippen molar-refractivity contribution in [1.29, 1.82) is 0 Å². The van der Waals surface area contributed by atoms with Crippen molar-refractivity contribution in [3.05, 3.63) is 129 Å². The van der Waals surface area contributed by atoms with Crippen LogP contribution < -0.4 is 16.0 Å². The Bertz CT molecular complexity index is 1540. The lowest BCUT2D eigenvalue weighted by Crippen LogP contribution is -2.30. The molecule has 40 heavy (non-hydrogen) atoms. The van der Waals surface area contributed by atoms with E-state index >= 15 is 0 Å². The number of hydrogen-bond donors (Lipinski definition) is 3. The predicted octanol–water partition coefficient (Wildman–Crippen LogP) is 7.44. The van der Waals surface area contributed by atoms with Gasteiger partial charge < -0.3 is 16.0 Å². The van der Waals surface area contributed by atoms with E-state index in [1.54, 1.807) is 72.8 Å². The summed E-state index contributed by atoms with van der Waals surface area (Å²) in [6.07, 6.45) is 1.64. The van der Waals surface area contributed by atoms with Crippen molar-refractivity contribution in [2.24, 2.45) is 0 Å². The highest BCUT2D eigenvalue weighted by Crippen LogP contribution is 2.24. The Morgan fingerprint density at radius 3 is 2.15 bits per heavy atom. The minimum absolute atomic E-state index is 0.107. The third kappa shape index (κ3) is 8.74. The van der Waals surface area contributed by atoms with E-state index in [0.29, 0.717) is 27.0 Å². The lowest BCUT2D eigenvalue weighted by molar-refractivity contribution is -0.114. The van der Waals surface area contributed by atoms with Crippen LogP contribution in [-0.4, -0.2) is 23.5 Å². The molecule has 0 saturated carbocycles. The summed E-state index contributed by atoms with van der Waals surface area (Å²) >= 11 is 13.3. The van der Waals surface area contributed by atoms with Gasteiger partial charge in [0, 0.05) is 31.9 Å². The first-order valence-electron chi connectivity index (χ1n) is 12.2. The molecule has 6 nitrogen and oxygen atoms in total. The van der Waals surface area contributed by atoms with Crippen molar-refractivity contribution in [1.82, 2.24) is 5.32 Å². The quantitative estimate of drug-likeness (QED) is 0.140. The van der Waals surface area contributed by atoms with E-state index in [-0.39, 0.29) is 23.3 Å². The summed E-state index contributed by atoms with van der Waals surface area (Å²) in [5.41, 5.74) is 3.42. The first-order valence-corrected chi connectivity index (χ1v) is 13.9. The summed E-state index contributed by atoms with van der Waals surface area (Å²) in [5, 5.41) is 9.21. The van der Waals surface area contributed by atoms with Crippen LogP contribution in [-0.2, 0) is 9.59 Å². The third-order valence-electron chi connectivity index (χ3n) is 5.51. The molecule has 0 aliphatic heterocycles. The van der Waals surface area contributed by atoms with Crippen LogP contribution in [0.25, 0.3) is 6.08 Å². The van der Waals surface area contributed by atoms with Gasteiger partial charge in [0.15, 0.2) is 0 Å². The van der Waals surface area contributed by atoms with E-state index in [1.165, 1.54) is 11.8 Å². The lowest BCUT2D eigenvalue weighted by atomic mass is 10.1. The molecule has 202 valence electrons. The van der Waals surface area contributed by atoms with Gasteiger partial charge in [-0.3, -0.25) is 14.4 Å². The number of thioether (sulfide) groups is 1. The predicted molar refractivity (Wildman–Crippen MR) is 164 cm³/mol. The second-order valence-electron chi connectivity index (χ2n) is 8.77. The van der Waals surface area contributed by atoms with Gasteiger partial charge in [0.1, 0.15) is 5.70 Å². The highest BCUT2D eigenvalue weighted by atomic mass is 35.5. The fourth-order valence-electron chi connectivity index (χ4n) is 3.67. The average molecular weight is 591 g/mol. The largest absolute Gasteiger partial charge is 0.325 e. The van der Waals surface area contributed by atoms with Gasteiger partial charge in [-0.25, -0.2) is 0 Å². The fourth-order valence-corrected chi connectivity index (χ4v) is 4.90. The number of anilines is 2. The maximum Gasteiger partial charge on any atom is 0.272 e. The summed E-state index contributed by atoms with van der Waals surface area (Å²) in [4.78, 5) is 39.2. The molecule has 0 aromatic heterocycles. The molecule has 3 amide bonds. The van der Waals surface area contributed by atoms with E-state index in [1.807, 2.05) is 37.3 Å². The van der Waals surface area contributed by atoms with Crippen LogP contribution in [0.5, 0.6) is 0 Å². The molecule has 4 aromatic carbocycles. The van der Waals surface area contributed by atoms with Crippen LogP contribution in [0.15, 0.2) is 108 Å². The van der Waals surface area contributed by atoms with Crippen molar-refractivity contribution < 1.29 is 14.4 Å². The Morgan fingerprint density at radius 2 is 1.48 bits per heavy atom. The normalized spacial score (nSPS) is 11.0. The number of aryl methyl sites for hydroxylation is 1. The topological polar surface area (TPSA) is 87.3 Å². The van der Waals surface area contributed by atoms with Gasteiger partial charge in [-0.1, -0.05) is 71.2 Å². The molecule has 0 atom stereocenters. The summed E-state index contributed by atoms with van der Waals surface area (Å²) < 4.78 is 0. The van der Waals surface area contributed by atoms with Gasteiger partial charge in [0.25, 0.3) is 11.8 Å². The van der Waals surface area contributed by atoms with Gasteiger partial charge in [0.2, 0.25) is 5.91 Å². The minimum Gasteiger partial charge on any atom is -0.325 e. The van der Waals surface area contributed by atoms with E-state index < -0.39 is 5.91 Å². The Hall–Kier alpha value is -4.04. The molecule has 0 radical (unpaired) electrons. The van der Waals surface area contributed by atoms with Crippen LogP contribution in [0, 0.1) is 6.92 Å². The van der Waals surface area contributed by atoms with Gasteiger partial charge in [0.05, 0.1) is 5.75 Å². The second kappa shape index (κ2) is 13.8. The number of benzene rings is 4. The Kier molecular flexibility index (Phi) is 10.0. The number of rotatable bonds is 9. The molecular formula is C31H25Cl2N3O3S. The van der Waals surface area contributed by atoms with E-state index in [9.17, 15) is 14.4 Å². The zero-order valence-electron chi connectivity index (χ0n) is 21.4. The molecule has 0 bridgehead atoms. The van der Waals surface area contributed by atoms with Crippen LogP contribution in [0.1, 0.15) is 21.5 Å². The monoisotopic (exact) mass is 589 g/mol. The Labute approximate surface area is 246 Å². The number of carbonyl (C=O) groups excluding carboxylic acids is 3. The van der Waals surface area contributed by atoms with Gasteiger partial charge in [-0.15, -0.1) is 11.8 Å². The molecule has 0 unspecified atom stereocenters. The maximum atomic E-state index is 13.2. The molecule has 0 spiro atoms. The van der Waals surface area contributed by atoms with Gasteiger partial charge in [-0.2, -0.15) is 0 Å². The fraction of sp³-hybridized carbons (Fsp3) is 0.0645. The first kappa shape index (κ1) is 29.0. The van der Waals surface area contributed by atoms with Crippen LogP contribution >= 0.6 is 35.0 Å². The molecule has 3 N–H and O–H groups in total. The Morgan fingerprint density at radius 1 is 0.775 bits per heavy atom. The number of hydrogen-bond acceptors (Lipinski definition) is 4. The zero-order valence-corrected chi connectivity index (χ0v) is 23.7. The SMILES string of the molecule is Cc1cccc(/C=C(\NC(=O)c2ccccc2)C(=O)Nc2ccc(SCC(=O)Nc3cc(Cl)cc(Cl)c3)cc2)c1. The minimum atomic E-state index is -0.467. The van der Waals surface area contributed by atoms with Crippen molar-refractivity contribution in [2.45, 2.75) is 11.8 Å². The van der Waals surface area contributed by atoms with Gasteiger partial charge >= 0.3 is 0 Å². The molecule has 4 rings (SSSR count). The third-order valence-corrected chi connectivity index (χ3v) is 6.96. The number of carbonyl (C=O) groups is 3. The second-order valence-corrected chi connectivity index (χ2v) is 10.7. The summed E-state index contributed by atoms with van der Waals surface area (Å²) in [7, 11) is 0. The van der Waals surface area contributed by atoms with Crippen molar-refractivity contribution >= 4 is 70.1 Å². The summed E-state index contributed by atoms with van der Waals surface area (Å²) in [6, 6.07) is 28.2. The van der Waals surface area contributed by atoms with Crippen molar-refractivity contribution in [3.8, 4) is 0 Å². The smallest absolute Gasteiger partial charge is 0.272 e. The van der Waals surface area contributed by atoms with E-state index in [4.69, 9.17) is 23.2 Å². The number of amides is 3. The zero-order chi connectivity index (χ0) is 28.5. The average Bonchev–Trinajstić information content (AvgIpc) is 2.92. The van der Waals surface area contributed by atoms with Gasteiger partial charge in [-0.05, 0) is 73.2 Å². The number of nitrogens with one attached hydrogen (secondary N) is 3. The molecule has 4 aromatic rings. The standard InChI is InChI=1S/C31H25Cl2N3O3S/c1-20-6-5-7-21(14-20)15-28(36-30(38)22-8-3-2-4-9-22)31(39)35-25-10-12-27(13-11-25)40-19-29(37)34-26-17-23(32)16-24(33)18-26/h2-18H,19H2,1H3,(H,34,37)(H,35,39)(H,36,38)/b28-15-. The van der Waals surface area contributed by atoms with Crippen LogP contribution in [0.3, 0.4) is 0 Å². The lowest BCUT2D eigenvalue weighted by Gasteiger charge is -2.12. The summed E-state index contributed by atoms with van der Waals surface area (Å²) in [5.74, 6) is -0.892. The maximum absolute atomic E-state index is 13.2. The highest BCUT2D eigenvalue weighted by Gasteiger charge is 2.15. The van der Waals surface area contributed by atoms with Crippen molar-refractivity contribution in [3.63, 3.8) is 0 Å². The summed E-state index contributed by atoms with van der Waals surface area (Å²) in [6.45, 7) is 1.95. The molecular weight excluding hydrogens is 565 g/mol. The molecule has 9 heteroatoms. The Balaban J connectivity index is 1.40. The number of halogens is 2. The van der Waals surface area contributed by atoms with Crippen LogP contribution in [0.4, 0.5) is 11.4 Å². The molecule has 0 aliphatic carbocycles. The molecule has 0 fully saturated rings. The van der Waals surface area contributed by atoms with E-state index in [0.717, 1.165) is 16.0 Å². The molecule has 0 heterocycles. The highest BCUT2D eigenvalue weighted by molar-refractivity contribution is 8.00.